The van der Waals surface area contributed by atoms with Crippen LogP contribution in [0.3, 0.4) is 0 Å². The van der Waals surface area contributed by atoms with E-state index in [-0.39, 0.29) is 23.3 Å². The number of rotatable bonds is 3. The van der Waals surface area contributed by atoms with Crippen molar-refractivity contribution in [3.63, 3.8) is 0 Å². The minimum Gasteiger partial charge on any atom is -0.490 e. The fraction of sp³-hybridized carbons (Fsp3) is 0.429. The van der Waals surface area contributed by atoms with Gasteiger partial charge in [-0.3, -0.25) is 14.4 Å². The zero-order valence-corrected chi connectivity index (χ0v) is 18.3. The number of aromatic nitrogens is 1. The van der Waals surface area contributed by atoms with Crippen molar-refractivity contribution in [3.05, 3.63) is 34.3 Å². The number of amides is 3. The molecule has 4 heterocycles. The monoisotopic (exact) mass is 441 g/mol. The second kappa shape index (κ2) is 6.94. The quantitative estimate of drug-likeness (QED) is 0.696. The summed E-state index contributed by atoms with van der Waals surface area (Å²) < 4.78 is 5.77. The number of hydrogen-bond acceptors (Lipinski definition) is 7. The van der Waals surface area contributed by atoms with Crippen LogP contribution in [0.15, 0.2) is 18.2 Å². The number of anilines is 2. The molecule has 9 nitrogen and oxygen atoms in total. The van der Waals surface area contributed by atoms with Crippen LogP contribution >= 0.6 is 11.3 Å². The third-order valence-corrected chi connectivity index (χ3v) is 6.82. The average Bonchev–Trinajstić information content (AvgIpc) is 3.15. The molecule has 1 aromatic heterocycles. The lowest BCUT2D eigenvalue weighted by Gasteiger charge is -2.35. The molecule has 3 aliphatic heterocycles. The van der Waals surface area contributed by atoms with Gasteiger partial charge in [-0.15, -0.1) is 0 Å². The van der Waals surface area contributed by atoms with Crippen molar-refractivity contribution in [1.29, 1.82) is 0 Å². The Labute approximate surface area is 183 Å². The zero-order chi connectivity index (χ0) is 21.9. The van der Waals surface area contributed by atoms with E-state index < -0.39 is 6.04 Å². The van der Waals surface area contributed by atoms with E-state index in [0.717, 1.165) is 11.4 Å². The Hall–Kier alpha value is -3.14. The number of carbonyl (C=O) groups is 3. The summed E-state index contributed by atoms with van der Waals surface area (Å²) in [5, 5.41) is 6.49. The smallest absolute Gasteiger partial charge is 0.263 e. The third kappa shape index (κ3) is 3.40. The predicted octanol–water partition coefficient (Wildman–Crippen LogP) is 1.31. The molecule has 1 saturated heterocycles. The zero-order valence-electron chi connectivity index (χ0n) is 17.5. The number of benzene rings is 1. The largest absolute Gasteiger partial charge is 0.490 e. The third-order valence-electron chi connectivity index (χ3n) is 5.70. The molecule has 0 aliphatic carbocycles. The van der Waals surface area contributed by atoms with Crippen molar-refractivity contribution in [1.82, 2.24) is 20.5 Å². The first-order chi connectivity index (χ1) is 14.7. The molecule has 3 amide bonds. The highest BCUT2D eigenvalue weighted by atomic mass is 32.1. The van der Waals surface area contributed by atoms with Gasteiger partial charge in [0.05, 0.1) is 17.9 Å². The van der Waals surface area contributed by atoms with Crippen molar-refractivity contribution in [2.45, 2.75) is 31.8 Å². The summed E-state index contributed by atoms with van der Waals surface area (Å²) in [6, 6.07) is 4.72. The van der Waals surface area contributed by atoms with Gasteiger partial charge in [0.15, 0.2) is 5.13 Å². The van der Waals surface area contributed by atoms with E-state index in [1.807, 2.05) is 18.7 Å². The van der Waals surface area contributed by atoms with Crippen LogP contribution in [0.25, 0.3) is 0 Å². The van der Waals surface area contributed by atoms with Gasteiger partial charge in [0.25, 0.3) is 11.8 Å². The Balaban J connectivity index is 1.44. The number of likely N-dealkylation sites (N-methyl/N-ethyl adjacent to an activating group) is 1. The van der Waals surface area contributed by atoms with Gasteiger partial charge >= 0.3 is 0 Å². The minimum absolute atomic E-state index is 0.0918. The molecule has 31 heavy (non-hydrogen) atoms. The van der Waals surface area contributed by atoms with Gasteiger partial charge in [0.1, 0.15) is 23.3 Å². The molecule has 0 saturated carbocycles. The predicted molar refractivity (Wildman–Crippen MR) is 115 cm³/mol. The van der Waals surface area contributed by atoms with Crippen LogP contribution in [0.2, 0.25) is 0 Å². The van der Waals surface area contributed by atoms with Crippen molar-refractivity contribution in [2.75, 3.05) is 31.6 Å². The van der Waals surface area contributed by atoms with E-state index in [4.69, 9.17) is 9.72 Å². The second-order valence-electron chi connectivity index (χ2n) is 8.71. The first-order valence-electron chi connectivity index (χ1n) is 10.1. The molecule has 1 fully saturated rings. The lowest BCUT2D eigenvalue weighted by atomic mass is 9.94. The molecular formula is C21H23N5O4S. The Bertz CT molecular complexity index is 1110. The van der Waals surface area contributed by atoms with E-state index in [0.29, 0.717) is 47.4 Å². The van der Waals surface area contributed by atoms with Crippen LogP contribution in [0, 0.1) is 0 Å². The molecule has 1 aromatic carbocycles. The summed E-state index contributed by atoms with van der Waals surface area (Å²) in [5.74, 6) is 0.150. The molecular weight excluding hydrogens is 418 g/mol. The van der Waals surface area contributed by atoms with Gasteiger partial charge in [0.2, 0.25) is 5.91 Å². The fourth-order valence-electron chi connectivity index (χ4n) is 4.08. The molecule has 1 atom stereocenters. The highest BCUT2D eigenvalue weighted by Gasteiger charge is 2.36. The highest BCUT2D eigenvalue weighted by molar-refractivity contribution is 7.17. The van der Waals surface area contributed by atoms with Gasteiger partial charge < -0.3 is 25.2 Å². The van der Waals surface area contributed by atoms with Crippen LogP contribution in [0.4, 0.5) is 10.8 Å². The van der Waals surface area contributed by atoms with Crippen LogP contribution in [-0.4, -0.2) is 65.9 Å². The van der Waals surface area contributed by atoms with Crippen LogP contribution in [0.5, 0.6) is 5.75 Å². The highest BCUT2D eigenvalue weighted by Crippen LogP contribution is 2.41. The lowest BCUT2D eigenvalue weighted by Crippen LogP contribution is -2.62. The Kier molecular flexibility index (Phi) is 4.44. The number of hydrogen-bond donors (Lipinski definition) is 2. The van der Waals surface area contributed by atoms with E-state index in [9.17, 15) is 14.4 Å². The van der Waals surface area contributed by atoms with Crippen molar-refractivity contribution >= 4 is 39.9 Å². The SMILES string of the molecule is CN1C[C@@H](NC(=O)c2ccc3c(c2)N(c2nc4c(s2)C(=O)NC(C)(C)C4)CCO3)C1=O. The summed E-state index contributed by atoms with van der Waals surface area (Å²) in [7, 11) is 1.70. The summed E-state index contributed by atoms with van der Waals surface area (Å²) in [4.78, 5) is 46.0. The molecule has 0 radical (unpaired) electrons. The maximum atomic E-state index is 12.7. The van der Waals surface area contributed by atoms with Crippen molar-refractivity contribution < 1.29 is 19.1 Å². The van der Waals surface area contributed by atoms with E-state index in [1.54, 1.807) is 30.1 Å². The Morgan fingerprint density at radius 3 is 2.90 bits per heavy atom. The van der Waals surface area contributed by atoms with Crippen LogP contribution in [-0.2, 0) is 11.2 Å². The minimum atomic E-state index is -0.478. The molecule has 2 N–H and O–H groups in total. The average molecular weight is 442 g/mol. The standard InChI is InChI=1S/C21H23N5O4S/c1-21(2)9-12-16(18(28)24-21)31-20(23-12)26-6-7-30-15-5-4-11(8-14(15)26)17(27)22-13-10-25(3)19(13)29/h4-5,8,13H,6-7,9-10H2,1-3H3,(H,22,27)(H,24,28)/t13-/m1/s1. The van der Waals surface area contributed by atoms with Gasteiger partial charge in [0, 0.05) is 31.1 Å². The second-order valence-corrected chi connectivity index (χ2v) is 9.69. The van der Waals surface area contributed by atoms with Crippen LogP contribution < -0.4 is 20.3 Å². The van der Waals surface area contributed by atoms with Gasteiger partial charge in [-0.1, -0.05) is 11.3 Å². The van der Waals surface area contributed by atoms with Gasteiger partial charge in [-0.2, -0.15) is 0 Å². The summed E-state index contributed by atoms with van der Waals surface area (Å²) in [6.45, 7) is 5.50. The molecule has 2 aromatic rings. The molecule has 0 spiro atoms. The van der Waals surface area contributed by atoms with Gasteiger partial charge in [-0.05, 0) is 32.0 Å². The maximum absolute atomic E-state index is 12.7. The first-order valence-corrected chi connectivity index (χ1v) is 11.0. The Morgan fingerprint density at radius 1 is 1.35 bits per heavy atom. The van der Waals surface area contributed by atoms with Crippen molar-refractivity contribution in [3.8, 4) is 5.75 Å². The summed E-state index contributed by atoms with van der Waals surface area (Å²) in [5.41, 5.74) is 1.62. The maximum Gasteiger partial charge on any atom is 0.263 e. The number of thiazole rings is 1. The number of nitrogens with one attached hydrogen (secondary N) is 2. The number of ether oxygens (including phenoxy) is 1. The van der Waals surface area contributed by atoms with Crippen molar-refractivity contribution in [2.24, 2.45) is 0 Å². The Morgan fingerprint density at radius 2 is 2.16 bits per heavy atom. The number of likely N-dealkylation sites (tertiary alicyclic amines) is 1. The lowest BCUT2D eigenvalue weighted by molar-refractivity contribution is -0.141. The van der Waals surface area contributed by atoms with E-state index in [2.05, 4.69) is 10.6 Å². The van der Waals surface area contributed by atoms with Crippen LogP contribution in [0.1, 0.15) is 39.6 Å². The van der Waals surface area contributed by atoms with Gasteiger partial charge in [-0.25, -0.2) is 4.98 Å². The molecule has 10 heteroatoms. The molecule has 162 valence electrons. The molecule has 0 unspecified atom stereocenters. The molecule has 3 aliphatic rings. The van der Waals surface area contributed by atoms with E-state index >= 15 is 0 Å². The normalized spacial score (nSPS) is 21.5. The summed E-state index contributed by atoms with van der Waals surface area (Å²) in [6.07, 6.45) is 0.661. The van der Waals surface area contributed by atoms with E-state index in [1.165, 1.54) is 11.3 Å². The number of carbonyl (C=O) groups excluding carboxylic acids is 3. The molecule has 5 rings (SSSR count). The fourth-order valence-corrected chi connectivity index (χ4v) is 5.10. The first kappa shape index (κ1) is 19.8. The number of β-lactam (4-membered cyclic amide) rings is 1. The number of fused-ring (bicyclic) bond motifs is 2. The molecule has 0 bridgehead atoms. The topological polar surface area (TPSA) is 104 Å². The number of nitrogens with zero attached hydrogens (tertiary/aromatic N) is 3. The summed E-state index contributed by atoms with van der Waals surface area (Å²) >= 11 is 1.35.